The molecule has 0 rings (SSSR count). The van der Waals surface area contributed by atoms with Crippen molar-refractivity contribution in [1.29, 1.82) is 0 Å². The molecular weight excluding hydrogens is 220 g/mol. The Balaban J connectivity index is 4.23. The predicted molar refractivity (Wildman–Crippen MR) is 64.0 cm³/mol. The van der Waals surface area contributed by atoms with E-state index in [1.807, 2.05) is 27.7 Å². The minimum Gasteiger partial charge on any atom is -0.550 e. The molecule has 0 aromatic rings. The van der Waals surface area contributed by atoms with Crippen LogP contribution in [0.5, 0.6) is 0 Å². The highest BCUT2D eigenvalue weighted by Gasteiger charge is 2.24. The van der Waals surface area contributed by atoms with Crippen LogP contribution in [-0.2, 0) is 14.6 Å². The Labute approximate surface area is 104 Å². The van der Waals surface area contributed by atoms with Crippen molar-refractivity contribution in [3.63, 3.8) is 0 Å². The molecule has 0 aromatic carbocycles. The van der Waals surface area contributed by atoms with E-state index in [9.17, 15) is 9.90 Å². The molecule has 0 heterocycles. The van der Waals surface area contributed by atoms with Crippen molar-refractivity contribution in [2.45, 2.75) is 72.0 Å². The Morgan fingerprint density at radius 1 is 1.35 bits per heavy atom. The summed E-state index contributed by atoms with van der Waals surface area (Å²) >= 11 is 0. The van der Waals surface area contributed by atoms with Gasteiger partial charge in [-0.3, -0.25) is 0 Å². The molecule has 0 aliphatic heterocycles. The number of aliphatic carboxylic acids is 1. The Morgan fingerprint density at radius 2 is 1.94 bits per heavy atom. The van der Waals surface area contributed by atoms with Crippen LogP contribution in [0.3, 0.4) is 0 Å². The fourth-order valence-electron chi connectivity index (χ4n) is 1.30. The lowest BCUT2D eigenvalue weighted by molar-refractivity contribution is -0.387. The van der Waals surface area contributed by atoms with Crippen molar-refractivity contribution in [2.75, 3.05) is 0 Å². The van der Waals surface area contributed by atoms with Crippen LogP contribution in [0, 0.1) is 5.92 Å². The third-order valence-corrected chi connectivity index (χ3v) is 3.01. The standard InChI is InChI=1S/C13H26O4/c1-6-8-9-11(12(14)15)10(3)16-17-13(4,5)7-2/h10-11H,6-9H2,1-5H3,(H,14,15)/p-1. The van der Waals surface area contributed by atoms with E-state index in [0.29, 0.717) is 6.42 Å². The Hall–Kier alpha value is -0.610. The van der Waals surface area contributed by atoms with Crippen molar-refractivity contribution < 1.29 is 19.7 Å². The van der Waals surface area contributed by atoms with E-state index in [4.69, 9.17) is 9.78 Å². The molecular formula is C13H25O4-. The molecule has 0 aromatic heterocycles. The molecule has 102 valence electrons. The van der Waals surface area contributed by atoms with Gasteiger partial charge in [-0.1, -0.05) is 26.7 Å². The Morgan fingerprint density at radius 3 is 2.35 bits per heavy atom. The molecule has 0 saturated heterocycles. The van der Waals surface area contributed by atoms with Gasteiger partial charge in [-0.15, -0.1) is 0 Å². The summed E-state index contributed by atoms with van der Waals surface area (Å²) in [6.07, 6.45) is 2.68. The van der Waals surface area contributed by atoms with Crippen molar-refractivity contribution >= 4 is 5.97 Å². The van der Waals surface area contributed by atoms with E-state index in [-0.39, 0.29) is 0 Å². The van der Waals surface area contributed by atoms with Crippen LogP contribution in [-0.4, -0.2) is 17.7 Å². The van der Waals surface area contributed by atoms with Gasteiger partial charge in [0.2, 0.25) is 0 Å². The molecule has 17 heavy (non-hydrogen) atoms. The van der Waals surface area contributed by atoms with Gasteiger partial charge in [0.1, 0.15) is 0 Å². The number of hydrogen-bond donors (Lipinski definition) is 0. The van der Waals surface area contributed by atoms with Gasteiger partial charge in [-0.05, 0) is 33.6 Å². The molecule has 2 unspecified atom stereocenters. The van der Waals surface area contributed by atoms with E-state index in [0.717, 1.165) is 19.3 Å². The van der Waals surface area contributed by atoms with E-state index >= 15 is 0 Å². The van der Waals surface area contributed by atoms with E-state index in [1.165, 1.54) is 0 Å². The summed E-state index contributed by atoms with van der Waals surface area (Å²) in [6, 6.07) is 0. The number of hydrogen-bond acceptors (Lipinski definition) is 4. The quantitative estimate of drug-likeness (QED) is 0.461. The minimum absolute atomic E-state index is 0.393. The maximum Gasteiger partial charge on any atom is 0.0982 e. The van der Waals surface area contributed by atoms with Crippen molar-refractivity contribution in [3.05, 3.63) is 0 Å². The van der Waals surface area contributed by atoms with Crippen molar-refractivity contribution in [2.24, 2.45) is 5.92 Å². The second-order valence-electron chi connectivity index (χ2n) is 5.07. The van der Waals surface area contributed by atoms with Crippen LogP contribution < -0.4 is 5.11 Å². The topological polar surface area (TPSA) is 58.6 Å². The first-order valence-corrected chi connectivity index (χ1v) is 6.39. The van der Waals surface area contributed by atoms with E-state index < -0.39 is 23.6 Å². The second kappa shape index (κ2) is 7.67. The summed E-state index contributed by atoms with van der Waals surface area (Å²) in [5.74, 6) is -1.67. The first kappa shape index (κ1) is 16.4. The lowest BCUT2D eigenvalue weighted by Gasteiger charge is -2.28. The van der Waals surface area contributed by atoms with Crippen LogP contribution in [0.15, 0.2) is 0 Å². The van der Waals surface area contributed by atoms with Crippen LogP contribution >= 0.6 is 0 Å². The summed E-state index contributed by atoms with van der Waals surface area (Å²) in [7, 11) is 0. The lowest BCUT2D eigenvalue weighted by Crippen LogP contribution is -2.40. The first-order valence-electron chi connectivity index (χ1n) is 6.39. The monoisotopic (exact) mass is 245 g/mol. The molecule has 2 atom stereocenters. The Bertz CT molecular complexity index is 225. The third kappa shape index (κ3) is 6.64. The second-order valence-corrected chi connectivity index (χ2v) is 5.07. The Kier molecular flexibility index (Phi) is 7.39. The maximum absolute atomic E-state index is 11.0. The highest BCUT2D eigenvalue weighted by molar-refractivity contribution is 5.68. The molecule has 0 bridgehead atoms. The van der Waals surface area contributed by atoms with Gasteiger partial charge in [0.15, 0.2) is 0 Å². The number of unbranched alkanes of at least 4 members (excludes halogenated alkanes) is 1. The maximum atomic E-state index is 11.0. The van der Waals surface area contributed by atoms with Crippen molar-refractivity contribution in [1.82, 2.24) is 0 Å². The van der Waals surface area contributed by atoms with Gasteiger partial charge >= 0.3 is 0 Å². The number of carbonyl (C=O) groups is 1. The fourth-order valence-corrected chi connectivity index (χ4v) is 1.30. The first-order chi connectivity index (χ1) is 7.84. The van der Waals surface area contributed by atoms with Crippen LogP contribution in [0.25, 0.3) is 0 Å². The number of carbonyl (C=O) groups excluding carboxylic acids is 1. The highest BCUT2D eigenvalue weighted by atomic mass is 17.2. The summed E-state index contributed by atoms with van der Waals surface area (Å²) in [5, 5.41) is 11.0. The summed E-state index contributed by atoms with van der Waals surface area (Å²) in [5.41, 5.74) is -0.393. The fraction of sp³-hybridized carbons (Fsp3) is 0.923. The van der Waals surface area contributed by atoms with Gasteiger partial charge in [0, 0.05) is 11.9 Å². The van der Waals surface area contributed by atoms with Crippen LogP contribution in [0.2, 0.25) is 0 Å². The summed E-state index contributed by atoms with van der Waals surface area (Å²) in [4.78, 5) is 21.5. The number of carboxylic acid groups (broad SMARTS) is 1. The molecule has 0 aliphatic rings. The zero-order chi connectivity index (χ0) is 13.5. The van der Waals surface area contributed by atoms with E-state index in [2.05, 4.69) is 0 Å². The third-order valence-electron chi connectivity index (χ3n) is 3.01. The predicted octanol–water partition coefficient (Wildman–Crippen LogP) is 2.07. The zero-order valence-electron chi connectivity index (χ0n) is 11.6. The van der Waals surface area contributed by atoms with E-state index in [1.54, 1.807) is 6.92 Å². The summed E-state index contributed by atoms with van der Waals surface area (Å²) in [6.45, 7) is 9.53. The van der Waals surface area contributed by atoms with Gasteiger partial charge in [-0.25, -0.2) is 9.78 Å². The van der Waals surface area contributed by atoms with Crippen LogP contribution in [0.4, 0.5) is 0 Å². The number of rotatable bonds is 9. The van der Waals surface area contributed by atoms with Crippen LogP contribution in [0.1, 0.15) is 60.3 Å². The normalized spacial score (nSPS) is 15.6. The number of carboxylic acids is 1. The molecule has 4 nitrogen and oxygen atoms in total. The molecule has 0 spiro atoms. The molecule has 0 N–H and O–H groups in total. The molecule has 0 fully saturated rings. The smallest absolute Gasteiger partial charge is 0.0982 e. The van der Waals surface area contributed by atoms with Crippen molar-refractivity contribution in [3.8, 4) is 0 Å². The lowest BCUT2D eigenvalue weighted by atomic mass is 9.97. The molecule has 0 saturated carbocycles. The molecule has 4 heteroatoms. The summed E-state index contributed by atoms with van der Waals surface area (Å²) < 4.78 is 0. The largest absolute Gasteiger partial charge is 0.550 e. The highest BCUT2D eigenvalue weighted by Crippen LogP contribution is 2.20. The average molecular weight is 245 g/mol. The van der Waals surface area contributed by atoms with Gasteiger partial charge in [-0.2, -0.15) is 0 Å². The average Bonchev–Trinajstić information content (AvgIpc) is 2.26. The SMILES string of the molecule is CCCCC(C(=O)[O-])C(C)OOC(C)(C)CC. The van der Waals surface area contributed by atoms with Gasteiger partial charge in [0.05, 0.1) is 11.7 Å². The molecule has 0 amide bonds. The molecule has 0 radical (unpaired) electrons. The minimum atomic E-state index is -1.07. The molecule has 0 aliphatic carbocycles. The van der Waals surface area contributed by atoms with Gasteiger partial charge in [0.25, 0.3) is 0 Å². The van der Waals surface area contributed by atoms with Gasteiger partial charge < -0.3 is 9.90 Å². The zero-order valence-corrected chi connectivity index (χ0v) is 11.6.